The lowest BCUT2D eigenvalue weighted by Crippen LogP contribution is -2.39. The maximum atomic E-state index is 12.2. The molecule has 2 N–H and O–H groups in total. The summed E-state index contributed by atoms with van der Waals surface area (Å²) in [7, 11) is 1.84. The van der Waals surface area contributed by atoms with Gasteiger partial charge in [-0.3, -0.25) is 9.69 Å². The third-order valence-electron chi connectivity index (χ3n) is 3.51. The van der Waals surface area contributed by atoms with E-state index in [1.165, 1.54) is 11.5 Å². The average Bonchev–Trinajstić information content (AvgIpc) is 2.48. The molecule has 110 valence electrons. The van der Waals surface area contributed by atoms with E-state index in [1.54, 1.807) is 0 Å². The van der Waals surface area contributed by atoms with Crippen LogP contribution in [0.5, 0.6) is 0 Å². The number of benzene rings is 1. The highest BCUT2D eigenvalue weighted by Gasteiger charge is 2.13. The second kappa shape index (κ2) is 7.55. The molecule has 0 unspecified atom stereocenters. The van der Waals surface area contributed by atoms with Crippen molar-refractivity contribution in [2.75, 3.05) is 50.0 Å². The monoisotopic (exact) mass is 293 g/mol. The molecule has 1 amide bonds. The first-order chi connectivity index (χ1) is 9.70. The van der Waals surface area contributed by atoms with Gasteiger partial charge in [-0.05, 0) is 19.1 Å². The van der Waals surface area contributed by atoms with Crippen LogP contribution in [-0.4, -0.2) is 55.5 Å². The molecule has 1 aliphatic rings. The van der Waals surface area contributed by atoms with Crippen LogP contribution in [0.3, 0.4) is 0 Å². The Labute approximate surface area is 125 Å². The Hall–Kier alpha value is -1.20. The van der Waals surface area contributed by atoms with Crippen molar-refractivity contribution in [3.63, 3.8) is 0 Å². The highest BCUT2D eigenvalue weighted by Crippen LogP contribution is 2.16. The van der Waals surface area contributed by atoms with Gasteiger partial charge in [0, 0.05) is 50.4 Å². The van der Waals surface area contributed by atoms with Gasteiger partial charge >= 0.3 is 0 Å². The van der Waals surface area contributed by atoms with Crippen LogP contribution in [0.25, 0.3) is 0 Å². The fourth-order valence-corrected chi connectivity index (χ4v) is 3.29. The molecule has 5 heteroatoms. The summed E-state index contributed by atoms with van der Waals surface area (Å²) in [6.45, 7) is 5.91. The molecule has 1 aliphatic heterocycles. The Balaban J connectivity index is 1.86. The van der Waals surface area contributed by atoms with Crippen molar-refractivity contribution in [3.05, 3.63) is 29.3 Å². The van der Waals surface area contributed by atoms with Gasteiger partial charge in [0.25, 0.3) is 5.91 Å². The van der Waals surface area contributed by atoms with E-state index in [9.17, 15) is 4.79 Å². The number of thioether (sulfide) groups is 1. The van der Waals surface area contributed by atoms with Crippen LogP contribution in [-0.2, 0) is 0 Å². The van der Waals surface area contributed by atoms with E-state index >= 15 is 0 Å². The number of nitrogens with one attached hydrogen (secondary N) is 2. The maximum Gasteiger partial charge on any atom is 0.253 e. The topological polar surface area (TPSA) is 44.4 Å². The second-order valence-corrected chi connectivity index (χ2v) is 6.23. The number of hydrogen-bond acceptors (Lipinski definition) is 4. The summed E-state index contributed by atoms with van der Waals surface area (Å²) in [5.74, 6) is 2.41. The summed E-state index contributed by atoms with van der Waals surface area (Å²) in [5, 5.41) is 6.09. The molecule has 2 rings (SSSR count). The van der Waals surface area contributed by atoms with Gasteiger partial charge in [0.05, 0.1) is 5.56 Å². The molecule has 1 fully saturated rings. The number of carbonyl (C=O) groups excluding carboxylic acids is 1. The molecule has 0 atom stereocenters. The summed E-state index contributed by atoms with van der Waals surface area (Å²) in [6, 6.07) is 5.89. The zero-order chi connectivity index (χ0) is 14.4. The number of carbonyl (C=O) groups is 1. The quantitative estimate of drug-likeness (QED) is 0.869. The normalized spacial score (nSPS) is 15.9. The molecule has 0 bridgehead atoms. The molecular weight excluding hydrogens is 270 g/mol. The van der Waals surface area contributed by atoms with Crippen LogP contribution < -0.4 is 10.6 Å². The first kappa shape index (κ1) is 15.2. The van der Waals surface area contributed by atoms with Gasteiger partial charge in [-0.15, -0.1) is 0 Å². The molecular formula is C15H23N3OS. The third-order valence-corrected chi connectivity index (χ3v) is 4.45. The van der Waals surface area contributed by atoms with E-state index in [1.807, 2.05) is 43.9 Å². The van der Waals surface area contributed by atoms with Crippen molar-refractivity contribution in [3.8, 4) is 0 Å². The highest BCUT2D eigenvalue weighted by molar-refractivity contribution is 7.99. The van der Waals surface area contributed by atoms with E-state index in [-0.39, 0.29) is 5.91 Å². The number of rotatable bonds is 5. The highest BCUT2D eigenvalue weighted by atomic mass is 32.2. The van der Waals surface area contributed by atoms with Gasteiger partial charge in [-0.1, -0.05) is 11.6 Å². The predicted molar refractivity (Wildman–Crippen MR) is 86.8 cm³/mol. The largest absolute Gasteiger partial charge is 0.387 e. The Kier molecular flexibility index (Phi) is 5.73. The van der Waals surface area contributed by atoms with E-state index in [2.05, 4.69) is 15.5 Å². The molecule has 0 saturated carbocycles. The molecule has 1 saturated heterocycles. The molecule has 1 aromatic carbocycles. The van der Waals surface area contributed by atoms with Gasteiger partial charge in [-0.25, -0.2) is 0 Å². The SMILES string of the molecule is CNc1ccc(C)cc1C(=O)NCCN1CCSCC1. The summed E-state index contributed by atoms with van der Waals surface area (Å²) in [5.41, 5.74) is 2.70. The molecule has 1 heterocycles. The fraction of sp³-hybridized carbons (Fsp3) is 0.533. The van der Waals surface area contributed by atoms with Crippen LogP contribution in [0.15, 0.2) is 18.2 Å². The Morgan fingerprint density at radius 2 is 2.10 bits per heavy atom. The number of hydrogen-bond donors (Lipinski definition) is 2. The van der Waals surface area contributed by atoms with Crippen LogP contribution in [0, 0.1) is 6.92 Å². The first-order valence-electron chi connectivity index (χ1n) is 7.07. The Bertz CT molecular complexity index is 458. The molecule has 0 spiro atoms. The van der Waals surface area contributed by atoms with E-state index in [0.717, 1.165) is 36.4 Å². The first-order valence-corrected chi connectivity index (χ1v) is 8.23. The molecule has 20 heavy (non-hydrogen) atoms. The lowest BCUT2D eigenvalue weighted by molar-refractivity contribution is 0.0949. The molecule has 0 aromatic heterocycles. The fourth-order valence-electron chi connectivity index (χ4n) is 2.31. The van der Waals surface area contributed by atoms with Crippen LogP contribution in [0.2, 0.25) is 0 Å². The standard InChI is InChI=1S/C15H23N3OS/c1-12-3-4-14(16-2)13(11-12)15(19)17-5-6-18-7-9-20-10-8-18/h3-4,11,16H,5-10H2,1-2H3,(H,17,19). The maximum absolute atomic E-state index is 12.2. The summed E-state index contributed by atoms with van der Waals surface area (Å²) < 4.78 is 0. The number of anilines is 1. The Morgan fingerprint density at radius 1 is 1.35 bits per heavy atom. The average molecular weight is 293 g/mol. The zero-order valence-corrected chi connectivity index (χ0v) is 13.1. The summed E-state index contributed by atoms with van der Waals surface area (Å²) >= 11 is 2.00. The number of amides is 1. The summed E-state index contributed by atoms with van der Waals surface area (Å²) in [4.78, 5) is 14.7. The van der Waals surface area contributed by atoms with Crippen LogP contribution in [0.4, 0.5) is 5.69 Å². The van der Waals surface area contributed by atoms with Crippen LogP contribution >= 0.6 is 11.8 Å². The summed E-state index contributed by atoms with van der Waals surface area (Å²) in [6.07, 6.45) is 0. The minimum Gasteiger partial charge on any atom is -0.387 e. The third kappa shape index (κ3) is 4.15. The molecule has 0 aliphatic carbocycles. The van der Waals surface area contributed by atoms with Crippen LogP contribution in [0.1, 0.15) is 15.9 Å². The van der Waals surface area contributed by atoms with Gasteiger partial charge < -0.3 is 10.6 Å². The molecule has 1 aromatic rings. The van der Waals surface area contributed by atoms with Crippen molar-refractivity contribution in [2.24, 2.45) is 0 Å². The van der Waals surface area contributed by atoms with Crippen molar-refractivity contribution < 1.29 is 4.79 Å². The Morgan fingerprint density at radius 3 is 2.80 bits per heavy atom. The van der Waals surface area contributed by atoms with Gasteiger partial charge in [-0.2, -0.15) is 11.8 Å². The van der Waals surface area contributed by atoms with Gasteiger partial charge in [0.1, 0.15) is 0 Å². The van der Waals surface area contributed by atoms with Crippen molar-refractivity contribution >= 4 is 23.4 Å². The van der Waals surface area contributed by atoms with E-state index in [0.29, 0.717) is 6.54 Å². The van der Waals surface area contributed by atoms with Crippen molar-refractivity contribution in [2.45, 2.75) is 6.92 Å². The molecule has 4 nitrogen and oxygen atoms in total. The predicted octanol–water partition coefficient (Wildman–Crippen LogP) is 1.82. The lowest BCUT2D eigenvalue weighted by Gasteiger charge is -2.26. The van der Waals surface area contributed by atoms with E-state index < -0.39 is 0 Å². The van der Waals surface area contributed by atoms with Gasteiger partial charge in [0.2, 0.25) is 0 Å². The minimum absolute atomic E-state index is 0.00411. The van der Waals surface area contributed by atoms with Gasteiger partial charge in [0.15, 0.2) is 0 Å². The van der Waals surface area contributed by atoms with Crippen molar-refractivity contribution in [1.29, 1.82) is 0 Å². The number of aryl methyl sites for hydroxylation is 1. The second-order valence-electron chi connectivity index (χ2n) is 5.01. The smallest absolute Gasteiger partial charge is 0.253 e. The lowest BCUT2D eigenvalue weighted by atomic mass is 10.1. The minimum atomic E-state index is 0.00411. The number of nitrogens with zero attached hydrogens (tertiary/aromatic N) is 1. The van der Waals surface area contributed by atoms with E-state index in [4.69, 9.17) is 0 Å². The van der Waals surface area contributed by atoms with Crippen molar-refractivity contribution in [1.82, 2.24) is 10.2 Å². The zero-order valence-electron chi connectivity index (χ0n) is 12.2. The molecule has 0 radical (unpaired) electrons.